The summed E-state index contributed by atoms with van der Waals surface area (Å²) in [5.41, 5.74) is 1.37. The molecular formula is C26H31N3O4S2. The van der Waals surface area contributed by atoms with E-state index in [4.69, 9.17) is 4.74 Å². The average Bonchev–Trinajstić information content (AvgIpc) is 3.25. The quantitative estimate of drug-likeness (QED) is 0.512. The standard InChI is InChI=1S/C26H31N3O4S2/c1-25(2)13-18-14-26(3,15-25)16-29(18)35(31,32)19-11-9-17(10-12-19)23(30)27-24-28(4)22-20(33-5)7-6-8-21(22)34-24/h6-12,18H,13-16H2,1-5H3. The molecule has 0 radical (unpaired) electrons. The average molecular weight is 514 g/mol. The first kappa shape index (κ1) is 24.2. The number of thiazole rings is 1. The van der Waals surface area contributed by atoms with Crippen molar-refractivity contribution < 1.29 is 17.9 Å². The van der Waals surface area contributed by atoms with Crippen molar-refractivity contribution in [1.82, 2.24) is 8.87 Å². The predicted octanol–water partition coefficient (Wildman–Crippen LogP) is 4.58. The summed E-state index contributed by atoms with van der Waals surface area (Å²) >= 11 is 1.40. The first-order chi connectivity index (χ1) is 16.4. The lowest BCUT2D eigenvalue weighted by Gasteiger charge is -2.39. The topological polar surface area (TPSA) is 81.0 Å². The van der Waals surface area contributed by atoms with Crippen LogP contribution in [0.3, 0.4) is 0 Å². The van der Waals surface area contributed by atoms with Crippen LogP contribution in [-0.4, -0.2) is 42.9 Å². The maximum atomic E-state index is 13.5. The van der Waals surface area contributed by atoms with Crippen molar-refractivity contribution in [3.05, 3.63) is 52.8 Å². The van der Waals surface area contributed by atoms with Gasteiger partial charge in [0.05, 0.1) is 16.7 Å². The molecule has 35 heavy (non-hydrogen) atoms. The van der Waals surface area contributed by atoms with E-state index in [1.54, 1.807) is 23.5 Å². The number of aryl methyl sites for hydroxylation is 1. The number of carbonyl (C=O) groups excluding carboxylic acids is 1. The molecule has 3 aromatic rings. The number of methoxy groups -OCH3 is 1. The highest BCUT2D eigenvalue weighted by Gasteiger charge is 2.53. The van der Waals surface area contributed by atoms with Crippen LogP contribution in [0.2, 0.25) is 0 Å². The van der Waals surface area contributed by atoms with E-state index in [1.807, 2.05) is 29.8 Å². The first-order valence-corrected chi connectivity index (χ1v) is 14.0. The number of nitrogens with zero attached hydrogens (tertiary/aromatic N) is 3. The summed E-state index contributed by atoms with van der Waals surface area (Å²) in [6.07, 6.45) is 2.80. The van der Waals surface area contributed by atoms with E-state index in [0.717, 1.165) is 29.5 Å². The lowest BCUT2D eigenvalue weighted by atomic mass is 9.65. The van der Waals surface area contributed by atoms with Gasteiger partial charge in [0.2, 0.25) is 10.0 Å². The van der Waals surface area contributed by atoms with Gasteiger partial charge in [0.25, 0.3) is 5.91 Å². The van der Waals surface area contributed by atoms with Crippen molar-refractivity contribution in [2.75, 3.05) is 13.7 Å². The number of fused-ring (bicyclic) bond motifs is 3. The van der Waals surface area contributed by atoms with Crippen LogP contribution < -0.4 is 9.54 Å². The van der Waals surface area contributed by atoms with Gasteiger partial charge < -0.3 is 9.30 Å². The summed E-state index contributed by atoms with van der Waals surface area (Å²) in [6, 6.07) is 11.9. The van der Waals surface area contributed by atoms with Crippen molar-refractivity contribution in [1.29, 1.82) is 0 Å². The van der Waals surface area contributed by atoms with Gasteiger partial charge in [-0.2, -0.15) is 9.30 Å². The van der Waals surface area contributed by atoms with Crippen LogP contribution in [0.1, 0.15) is 50.4 Å². The number of benzene rings is 2. The van der Waals surface area contributed by atoms with Gasteiger partial charge in [-0.25, -0.2) is 8.42 Å². The highest BCUT2D eigenvalue weighted by atomic mass is 32.2. The Morgan fingerprint density at radius 1 is 1.11 bits per heavy atom. The summed E-state index contributed by atoms with van der Waals surface area (Å²) < 4.78 is 37.0. The minimum atomic E-state index is -3.64. The lowest BCUT2D eigenvalue weighted by molar-refractivity contribution is 0.0997. The van der Waals surface area contributed by atoms with E-state index < -0.39 is 15.9 Å². The first-order valence-electron chi connectivity index (χ1n) is 11.8. The Kier molecular flexibility index (Phi) is 5.73. The van der Waals surface area contributed by atoms with E-state index in [0.29, 0.717) is 22.7 Å². The van der Waals surface area contributed by atoms with E-state index >= 15 is 0 Å². The summed E-state index contributed by atoms with van der Waals surface area (Å²) in [7, 11) is -0.183. The Morgan fingerprint density at radius 3 is 2.51 bits per heavy atom. The van der Waals surface area contributed by atoms with Gasteiger partial charge in [0.1, 0.15) is 11.3 Å². The molecular weight excluding hydrogens is 482 g/mol. The third-order valence-electron chi connectivity index (χ3n) is 7.28. The zero-order valence-electron chi connectivity index (χ0n) is 20.7. The Morgan fingerprint density at radius 2 is 1.83 bits per heavy atom. The van der Waals surface area contributed by atoms with E-state index in [1.165, 1.54) is 23.5 Å². The van der Waals surface area contributed by atoms with E-state index in [-0.39, 0.29) is 21.8 Å². The minimum absolute atomic E-state index is 0.0106. The number of carbonyl (C=O) groups is 1. The smallest absolute Gasteiger partial charge is 0.279 e. The maximum Gasteiger partial charge on any atom is 0.279 e. The molecule has 186 valence electrons. The molecule has 1 saturated heterocycles. The molecule has 9 heteroatoms. The number of amides is 1. The number of hydrogen-bond acceptors (Lipinski definition) is 5. The molecule has 1 saturated carbocycles. The van der Waals surface area contributed by atoms with E-state index in [2.05, 4.69) is 25.8 Å². The number of ether oxygens (including phenoxy) is 1. The lowest BCUT2D eigenvalue weighted by Crippen LogP contribution is -2.37. The van der Waals surface area contributed by atoms with Gasteiger partial charge in [-0.3, -0.25) is 4.79 Å². The molecule has 7 nitrogen and oxygen atoms in total. The fraction of sp³-hybridized carbons (Fsp3) is 0.462. The number of aromatic nitrogens is 1. The second kappa shape index (κ2) is 8.28. The van der Waals surface area contributed by atoms with Crippen LogP contribution in [0.4, 0.5) is 0 Å². The molecule has 2 aliphatic rings. The molecule has 2 aromatic carbocycles. The van der Waals surface area contributed by atoms with Crippen LogP contribution in [0.5, 0.6) is 5.75 Å². The normalized spacial score (nSPS) is 24.7. The Labute approximate surface area is 210 Å². The van der Waals surface area contributed by atoms with Crippen LogP contribution in [0.15, 0.2) is 52.4 Å². The molecule has 1 aromatic heterocycles. The number of rotatable bonds is 4. The van der Waals surface area contributed by atoms with Gasteiger partial charge in [-0.1, -0.05) is 38.2 Å². The zero-order valence-corrected chi connectivity index (χ0v) is 22.4. The van der Waals surface area contributed by atoms with Crippen molar-refractivity contribution in [2.45, 2.75) is 51.0 Å². The third-order valence-corrected chi connectivity index (χ3v) is 10.3. The maximum absolute atomic E-state index is 13.5. The van der Waals surface area contributed by atoms with Gasteiger partial charge in [0.15, 0.2) is 4.80 Å². The molecule has 1 aliphatic carbocycles. The zero-order chi connectivity index (χ0) is 25.2. The largest absolute Gasteiger partial charge is 0.495 e. The van der Waals surface area contributed by atoms with Gasteiger partial charge in [-0.05, 0) is 66.5 Å². The Bertz CT molecular complexity index is 1490. The fourth-order valence-electron chi connectivity index (χ4n) is 6.19. The molecule has 2 heterocycles. The molecule has 2 bridgehead atoms. The fourth-order valence-corrected chi connectivity index (χ4v) is 8.99. The monoisotopic (exact) mass is 513 g/mol. The highest BCUT2D eigenvalue weighted by molar-refractivity contribution is 7.89. The van der Waals surface area contributed by atoms with Crippen LogP contribution in [-0.2, 0) is 17.1 Å². The summed E-state index contributed by atoms with van der Waals surface area (Å²) in [4.78, 5) is 18.0. The van der Waals surface area contributed by atoms with Crippen molar-refractivity contribution >= 4 is 37.5 Å². The number of hydrogen-bond donors (Lipinski definition) is 0. The third kappa shape index (κ3) is 4.23. The van der Waals surface area contributed by atoms with Crippen molar-refractivity contribution in [3.63, 3.8) is 0 Å². The summed E-state index contributed by atoms with van der Waals surface area (Å²) in [6.45, 7) is 7.20. The highest BCUT2D eigenvalue weighted by Crippen LogP contribution is 2.53. The Hall–Kier alpha value is -2.49. The molecule has 2 atom stereocenters. The molecule has 1 aliphatic heterocycles. The number of sulfonamides is 1. The van der Waals surface area contributed by atoms with Gasteiger partial charge in [0, 0.05) is 25.2 Å². The molecule has 2 unspecified atom stereocenters. The SMILES string of the molecule is COc1cccc2sc(=NC(=O)c3ccc(S(=O)(=O)N4CC5(C)CC4CC(C)(C)C5)cc3)n(C)c12. The summed E-state index contributed by atoms with van der Waals surface area (Å²) in [5, 5.41) is 0. The van der Waals surface area contributed by atoms with Crippen molar-refractivity contribution in [3.8, 4) is 5.75 Å². The predicted molar refractivity (Wildman–Crippen MR) is 137 cm³/mol. The molecule has 1 amide bonds. The molecule has 0 N–H and O–H groups in total. The minimum Gasteiger partial charge on any atom is -0.495 e. The van der Waals surface area contributed by atoms with Crippen LogP contribution >= 0.6 is 11.3 Å². The van der Waals surface area contributed by atoms with Crippen molar-refractivity contribution in [2.24, 2.45) is 22.9 Å². The van der Waals surface area contributed by atoms with Crippen LogP contribution in [0.25, 0.3) is 10.2 Å². The number of para-hydroxylation sites is 1. The second-order valence-corrected chi connectivity index (χ2v) is 13.9. The summed E-state index contributed by atoms with van der Waals surface area (Å²) in [5.74, 6) is 0.301. The Balaban J connectivity index is 1.42. The molecule has 2 fully saturated rings. The van der Waals surface area contributed by atoms with Gasteiger partial charge in [-0.15, -0.1) is 0 Å². The van der Waals surface area contributed by atoms with E-state index in [9.17, 15) is 13.2 Å². The molecule has 5 rings (SSSR count). The van der Waals surface area contributed by atoms with Gasteiger partial charge >= 0.3 is 0 Å². The van der Waals surface area contributed by atoms with Crippen LogP contribution in [0, 0.1) is 10.8 Å². The molecule has 0 spiro atoms. The second-order valence-electron chi connectivity index (χ2n) is 11.0.